The van der Waals surface area contributed by atoms with Gasteiger partial charge in [-0.25, -0.2) is 4.79 Å². The Kier molecular flexibility index (Phi) is 4.30. The summed E-state index contributed by atoms with van der Waals surface area (Å²) in [6.45, 7) is 0. The molecule has 1 aromatic rings. The molecule has 0 saturated heterocycles. The van der Waals surface area contributed by atoms with Gasteiger partial charge in [-0.05, 0) is 24.1 Å². The van der Waals surface area contributed by atoms with Crippen LogP contribution >= 0.6 is 11.3 Å². The Balaban J connectivity index is 2.12. The zero-order valence-electron chi connectivity index (χ0n) is 10.3. The van der Waals surface area contributed by atoms with Gasteiger partial charge in [0.1, 0.15) is 15.6 Å². The van der Waals surface area contributed by atoms with Crippen molar-refractivity contribution >= 4 is 28.0 Å². The topological polar surface area (TPSA) is 67.8 Å². The molecule has 0 radical (unpaired) electrons. The summed E-state index contributed by atoms with van der Waals surface area (Å²) in [7, 11) is 1.32. The van der Waals surface area contributed by atoms with Crippen LogP contribution in [0, 0.1) is 4.91 Å². The summed E-state index contributed by atoms with van der Waals surface area (Å²) in [5.74, 6) is -0.429. The maximum Gasteiger partial charge on any atom is 0.348 e. The lowest BCUT2D eigenvalue weighted by molar-refractivity contribution is 0.0606. The summed E-state index contributed by atoms with van der Waals surface area (Å²) in [6, 6.07) is 1.86. The van der Waals surface area contributed by atoms with Crippen LogP contribution in [0.3, 0.4) is 0 Å². The van der Waals surface area contributed by atoms with Crippen molar-refractivity contribution in [1.29, 1.82) is 0 Å². The third kappa shape index (κ3) is 2.87. The Morgan fingerprint density at radius 3 is 2.78 bits per heavy atom. The lowest BCUT2D eigenvalue weighted by Gasteiger charge is -2.22. The Bertz CT molecular complexity index is 439. The van der Waals surface area contributed by atoms with Crippen LogP contribution in [0.4, 0.5) is 10.7 Å². The van der Waals surface area contributed by atoms with E-state index >= 15 is 0 Å². The van der Waals surface area contributed by atoms with Crippen molar-refractivity contribution in [1.82, 2.24) is 0 Å². The molecule has 0 atom stereocenters. The van der Waals surface area contributed by atoms with Crippen LogP contribution in [0.2, 0.25) is 0 Å². The number of nitrogens with one attached hydrogen (secondary N) is 1. The maximum absolute atomic E-state index is 11.4. The van der Waals surface area contributed by atoms with Crippen molar-refractivity contribution < 1.29 is 9.53 Å². The lowest BCUT2D eigenvalue weighted by atomic mass is 9.96. The van der Waals surface area contributed by atoms with Crippen LogP contribution in [-0.4, -0.2) is 19.1 Å². The van der Waals surface area contributed by atoms with Crippen LogP contribution in [0.15, 0.2) is 11.2 Å². The van der Waals surface area contributed by atoms with Gasteiger partial charge < -0.3 is 10.1 Å². The number of ether oxygens (including phenoxy) is 1. The summed E-state index contributed by atoms with van der Waals surface area (Å²) >= 11 is 1.23. The van der Waals surface area contributed by atoms with Crippen LogP contribution in [0.25, 0.3) is 0 Å². The van der Waals surface area contributed by atoms with E-state index in [4.69, 9.17) is 0 Å². The number of carbonyl (C=O) groups is 1. The molecule has 0 bridgehead atoms. The van der Waals surface area contributed by atoms with Crippen molar-refractivity contribution in [2.24, 2.45) is 5.18 Å². The molecule has 1 saturated carbocycles. The number of nitrogens with zero attached hydrogens (tertiary/aromatic N) is 1. The fourth-order valence-electron chi connectivity index (χ4n) is 2.19. The third-order valence-electron chi connectivity index (χ3n) is 3.14. The molecular formula is C12H16N2O3S. The van der Waals surface area contributed by atoms with Crippen LogP contribution in [-0.2, 0) is 4.74 Å². The highest BCUT2D eigenvalue weighted by molar-refractivity contribution is 7.18. The third-order valence-corrected chi connectivity index (χ3v) is 4.17. The number of hydrogen-bond donors (Lipinski definition) is 1. The number of carbonyl (C=O) groups excluding carboxylic acids is 1. The second-order valence-electron chi connectivity index (χ2n) is 4.39. The van der Waals surface area contributed by atoms with E-state index in [-0.39, 0.29) is 0 Å². The minimum Gasteiger partial charge on any atom is -0.465 e. The molecule has 0 amide bonds. The molecule has 0 aliphatic heterocycles. The fourth-order valence-corrected chi connectivity index (χ4v) is 3.17. The molecule has 1 aliphatic carbocycles. The van der Waals surface area contributed by atoms with Gasteiger partial charge in [0.25, 0.3) is 0 Å². The van der Waals surface area contributed by atoms with Crippen molar-refractivity contribution in [2.75, 3.05) is 12.4 Å². The second kappa shape index (κ2) is 5.95. The number of esters is 1. The van der Waals surface area contributed by atoms with E-state index in [9.17, 15) is 9.70 Å². The smallest absolute Gasteiger partial charge is 0.348 e. The molecule has 0 unspecified atom stereocenters. The predicted octanol–water partition coefficient (Wildman–Crippen LogP) is 3.68. The van der Waals surface area contributed by atoms with Gasteiger partial charge in [-0.1, -0.05) is 19.3 Å². The summed E-state index contributed by atoms with van der Waals surface area (Å²) in [6.07, 6.45) is 5.88. The van der Waals surface area contributed by atoms with Gasteiger partial charge in [-0.2, -0.15) is 0 Å². The molecule has 6 heteroatoms. The van der Waals surface area contributed by atoms with Gasteiger partial charge in [0.2, 0.25) is 0 Å². The van der Waals surface area contributed by atoms with Crippen molar-refractivity contribution in [3.05, 3.63) is 15.9 Å². The van der Waals surface area contributed by atoms with Crippen LogP contribution < -0.4 is 5.32 Å². The Morgan fingerprint density at radius 1 is 1.44 bits per heavy atom. The highest BCUT2D eigenvalue weighted by Crippen LogP contribution is 2.37. The normalized spacial score (nSPS) is 16.3. The van der Waals surface area contributed by atoms with Crippen molar-refractivity contribution in [3.63, 3.8) is 0 Å². The number of nitroso groups, excluding NO2 is 1. The Morgan fingerprint density at radius 2 is 2.17 bits per heavy atom. The average molecular weight is 268 g/mol. The minimum atomic E-state index is -0.429. The van der Waals surface area contributed by atoms with Crippen LogP contribution in [0.1, 0.15) is 41.8 Å². The number of rotatable bonds is 4. The highest BCUT2D eigenvalue weighted by Gasteiger charge is 2.19. The number of thiophene rings is 1. The average Bonchev–Trinajstić information content (AvgIpc) is 2.82. The summed E-state index contributed by atoms with van der Waals surface area (Å²) < 4.78 is 4.64. The van der Waals surface area contributed by atoms with Gasteiger partial charge in [0, 0.05) is 6.04 Å². The van der Waals surface area contributed by atoms with Gasteiger partial charge in [-0.15, -0.1) is 16.2 Å². The summed E-state index contributed by atoms with van der Waals surface area (Å²) in [4.78, 5) is 22.6. The Labute approximate surface area is 110 Å². The predicted molar refractivity (Wildman–Crippen MR) is 71.6 cm³/mol. The van der Waals surface area contributed by atoms with Crippen molar-refractivity contribution in [3.8, 4) is 0 Å². The monoisotopic (exact) mass is 268 g/mol. The van der Waals surface area contributed by atoms with E-state index in [1.165, 1.54) is 43.8 Å². The Hall–Kier alpha value is -1.43. The standard InChI is InChI=1S/C12H16N2O3S/c1-17-12(15)10-7-9(14-16)11(18-10)13-8-5-3-2-4-6-8/h7-8,13H,2-6H2,1H3. The van der Waals surface area contributed by atoms with Crippen molar-refractivity contribution in [2.45, 2.75) is 38.1 Å². The number of methoxy groups -OCH3 is 1. The molecule has 98 valence electrons. The first-order valence-corrected chi connectivity index (χ1v) is 6.88. The van der Waals surface area contributed by atoms with Crippen LogP contribution in [0.5, 0.6) is 0 Å². The van der Waals surface area contributed by atoms with E-state index < -0.39 is 5.97 Å². The molecule has 1 aliphatic rings. The quantitative estimate of drug-likeness (QED) is 0.668. The second-order valence-corrected chi connectivity index (χ2v) is 5.44. The van der Waals surface area contributed by atoms with E-state index in [1.807, 2.05) is 0 Å². The summed E-state index contributed by atoms with van der Waals surface area (Å²) in [5.41, 5.74) is 0.297. The van der Waals surface area contributed by atoms with Gasteiger partial charge in [0.05, 0.1) is 7.11 Å². The first kappa shape index (κ1) is 13.0. The first-order chi connectivity index (χ1) is 8.74. The van der Waals surface area contributed by atoms with E-state index in [0.29, 0.717) is 21.6 Å². The zero-order chi connectivity index (χ0) is 13.0. The lowest BCUT2D eigenvalue weighted by Crippen LogP contribution is -2.21. The van der Waals surface area contributed by atoms with E-state index in [2.05, 4.69) is 15.2 Å². The molecule has 1 aromatic heterocycles. The molecule has 1 heterocycles. The minimum absolute atomic E-state index is 0.297. The molecule has 0 spiro atoms. The molecule has 0 aromatic carbocycles. The maximum atomic E-state index is 11.4. The van der Waals surface area contributed by atoms with E-state index in [0.717, 1.165) is 12.8 Å². The molecular weight excluding hydrogens is 252 g/mol. The molecule has 1 N–H and O–H groups in total. The molecule has 1 fully saturated rings. The number of hydrogen-bond acceptors (Lipinski definition) is 6. The SMILES string of the molecule is COC(=O)c1cc(N=O)c(NC2CCCCC2)s1. The number of anilines is 1. The largest absolute Gasteiger partial charge is 0.465 e. The molecule has 2 rings (SSSR count). The zero-order valence-corrected chi connectivity index (χ0v) is 11.1. The molecule has 18 heavy (non-hydrogen) atoms. The van der Waals surface area contributed by atoms with Gasteiger partial charge >= 0.3 is 5.97 Å². The van der Waals surface area contributed by atoms with E-state index in [1.54, 1.807) is 0 Å². The fraction of sp³-hybridized carbons (Fsp3) is 0.583. The highest BCUT2D eigenvalue weighted by atomic mass is 32.1. The first-order valence-electron chi connectivity index (χ1n) is 6.06. The van der Waals surface area contributed by atoms with Gasteiger partial charge in [0.15, 0.2) is 0 Å². The summed E-state index contributed by atoms with van der Waals surface area (Å²) in [5, 5.41) is 6.96. The molecule has 5 nitrogen and oxygen atoms in total. The van der Waals surface area contributed by atoms with Gasteiger partial charge in [-0.3, -0.25) is 0 Å².